The van der Waals surface area contributed by atoms with Crippen LogP contribution in [0.25, 0.3) is 0 Å². The summed E-state index contributed by atoms with van der Waals surface area (Å²) in [5.41, 5.74) is 4.05. The minimum atomic E-state index is -0.137. The normalized spacial score (nSPS) is 15.5. The van der Waals surface area contributed by atoms with Gasteiger partial charge in [0.1, 0.15) is 12.4 Å². The highest BCUT2D eigenvalue weighted by atomic mass is 16.5. The molecule has 3 rings (SSSR count). The number of carbonyl (C=O) groups excluding carboxylic acids is 1. The molecule has 6 heteroatoms. The van der Waals surface area contributed by atoms with E-state index in [1.54, 1.807) is 6.07 Å². The van der Waals surface area contributed by atoms with Crippen LogP contribution in [0.2, 0.25) is 0 Å². The first-order chi connectivity index (χ1) is 15.5. The summed E-state index contributed by atoms with van der Waals surface area (Å²) in [6.45, 7) is 9.50. The van der Waals surface area contributed by atoms with Crippen molar-refractivity contribution in [1.82, 2.24) is 10.2 Å². The molecular formula is C26H36N2O4. The van der Waals surface area contributed by atoms with Crippen molar-refractivity contribution in [1.29, 1.82) is 0 Å². The lowest BCUT2D eigenvalue weighted by Gasteiger charge is -2.25. The average Bonchev–Trinajstić information content (AvgIpc) is 2.76. The summed E-state index contributed by atoms with van der Waals surface area (Å²) in [7, 11) is 0. The van der Waals surface area contributed by atoms with Crippen LogP contribution in [0.3, 0.4) is 0 Å². The fourth-order valence-electron chi connectivity index (χ4n) is 3.96. The molecule has 0 saturated carbocycles. The highest BCUT2D eigenvalue weighted by molar-refractivity contribution is 5.94. The first-order valence-electron chi connectivity index (χ1n) is 11.6. The van der Waals surface area contributed by atoms with Crippen molar-refractivity contribution in [2.75, 3.05) is 46.1 Å². The van der Waals surface area contributed by atoms with Crippen molar-refractivity contribution in [2.45, 2.75) is 33.2 Å². The fourth-order valence-corrected chi connectivity index (χ4v) is 3.96. The molecule has 2 aromatic rings. The smallest absolute Gasteiger partial charge is 0.251 e. The molecule has 2 N–H and O–H groups in total. The van der Waals surface area contributed by atoms with E-state index in [1.165, 1.54) is 11.1 Å². The molecule has 6 nitrogen and oxygen atoms in total. The first-order valence-corrected chi connectivity index (χ1v) is 11.6. The van der Waals surface area contributed by atoms with Crippen LogP contribution >= 0.6 is 0 Å². The van der Waals surface area contributed by atoms with Crippen molar-refractivity contribution in [3.05, 3.63) is 64.7 Å². The van der Waals surface area contributed by atoms with Crippen LogP contribution in [-0.4, -0.2) is 62.0 Å². The maximum atomic E-state index is 12.5. The SMILES string of the molecule is CC(C)CN1CCOCCOc2ccc(C(=O)NCCCO)cc2Cc2cccc(c2)C1. The number of hydrogen-bond donors (Lipinski definition) is 2. The van der Waals surface area contributed by atoms with Crippen LogP contribution < -0.4 is 10.1 Å². The number of nitrogens with zero attached hydrogens (tertiary/aromatic N) is 1. The zero-order valence-electron chi connectivity index (χ0n) is 19.3. The zero-order valence-corrected chi connectivity index (χ0v) is 19.3. The van der Waals surface area contributed by atoms with Crippen molar-refractivity contribution in [2.24, 2.45) is 5.92 Å². The van der Waals surface area contributed by atoms with Gasteiger partial charge in [-0.2, -0.15) is 0 Å². The molecule has 1 aliphatic rings. The first kappa shape index (κ1) is 24.2. The minimum absolute atomic E-state index is 0.0608. The Balaban J connectivity index is 1.84. The van der Waals surface area contributed by atoms with Crippen LogP contribution in [0, 0.1) is 5.92 Å². The number of carbonyl (C=O) groups is 1. The van der Waals surface area contributed by atoms with Gasteiger partial charge in [-0.05, 0) is 47.2 Å². The van der Waals surface area contributed by atoms with E-state index in [0.29, 0.717) is 50.7 Å². The summed E-state index contributed by atoms with van der Waals surface area (Å²) in [4.78, 5) is 15.0. The van der Waals surface area contributed by atoms with Crippen molar-refractivity contribution < 1.29 is 19.4 Å². The number of rotatable bonds is 6. The van der Waals surface area contributed by atoms with Gasteiger partial charge in [0.15, 0.2) is 0 Å². The Morgan fingerprint density at radius 1 is 1.12 bits per heavy atom. The molecule has 0 atom stereocenters. The molecule has 1 aliphatic heterocycles. The molecule has 2 aromatic carbocycles. The Morgan fingerprint density at radius 2 is 1.97 bits per heavy atom. The van der Waals surface area contributed by atoms with E-state index in [4.69, 9.17) is 14.6 Å². The largest absolute Gasteiger partial charge is 0.491 e. The van der Waals surface area contributed by atoms with Crippen LogP contribution in [0.15, 0.2) is 42.5 Å². The van der Waals surface area contributed by atoms with Gasteiger partial charge in [0, 0.05) is 44.8 Å². The maximum absolute atomic E-state index is 12.5. The highest BCUT2D eigenvalue weighted by Crippen LogP contribution is 2.24. The molecule has 0 radical (unpaired) electrons. The molecule has 2 bridgehead atoms. The molecule has 1 heterocycles. The van der Waals surface area contributed by atoms with Crippen LogP contribution in [0.1, 0.15) is 47.3 Å². The predicted octanol–water partition coefficient (Wildman–Crippen LogP) is 3.26. The van der Waals surface area contributed by atoms with Crippen molar-refractivity contribution >= 4 is 5.91 Å². The molecule has 0 aromatic heterocycles. The summed E-state index contributed by atoms with van der Waals surface area (Å²) >= 11 is 0. The molecule has 0 unspecified atom stereocenters. The van der Waals surface area contributed by atoms with Crippen molar-refractivity contribution in [3.63, 3.8) is 0 Å². The zero-order chi connectivity index (χ0) is 22.8. The minimum Gasteiger partial charge on any atom is -0.491 e. The number of amides is 1. The molecule has 174 valence electrons. The third kappa shape index (κ3) is 7.62. The second kappa shape index (κ2) is 12.6. The Morgan fingerprint density at radius 3 is 2.78 bits per heavy atom. The average molecular weight is 441 g/mol. The van der Waals surface area contributed by atoms with Gasteiger partial charge in [-0.25, -0.2) is 0 Å². The molecule has 32 heavy (non-hydrogen) atoms. The van der Waals surface area contributed by atoms with E-state index < -0.39 is 0 Å². The summed E-state index contributed by atoms with van der Waals surface area (Å²) in [6, 6.07) is 14.2. The predicted molar refractivity (Wildman–Crippen MR) is 126 cm³/mol. The second-order valence-corrected chi connectivity index (χ2v) is 8.74. The Kier molecular flexibility index (Phi) is 9.53. The Hall–Kier alpha value is -2.41. The van der Waals surface area contributed by atoms with Gasteiger partial charge in [-0.15, -0.1) is 0 Å². The van der Waals surface area contributed by atoms with E-state index in [1.807, 2.05) is 12.1 Å². The molecular weight excluding hydrogens is 404 g/mol. The lowest BCUT2D eigenvalue weighted by molar-refractivity contribution is 0.0746. The molecule has 0 saturated heterocycles. The lowest BCUT2D eigenvalue weighted by Crippen LogP contribution is -2.31. The van der Waals surface area contributed by atoms with E-state index in [2.05, 4.69) is 48.3 Å². The highest BCUT2D eigenvalue weighted by Gasteiger charge is 2.14. The van der Waals surface area contributed by atoms with E-state index in [-0.39, 0.29) is 12.5 Å². The van der Waals surface area contributed by atoms with Crippen LogP contribution in [-0.2, 0) is 17.7 Å². The van der Waals surface area contributed by atoms with Crippen molar-refractivity contribution in [3.8, 4) is 5.75 Å². The summed E-state index contributed by atoms with van der Waals surface area (Å²) in [5, 5.41) is 11.8. The number of aliphatic hydroxyl groups is 1. The van der Waals surface area contributed by atoms with E-state index in [0.717, 1.165) is 30.9 Å². The molecule has 0 aliphatic carbocycles. The third-order valence-electron chi connectivity index (χ3n) is 5.40. The van der Waals surface area contributed by atoms with Gasteiger partial charge < -0.3 is 19.9 Å². The summed E-state index contributed by atoms with van der Waals surface area (Å²) in [5.74, 6) is 1.24. The third-order valence-corrected chi connectivity index (χ3v) is 5.40. The van der Waals surface area contributed by atoms with Crippen LogP contribution in [0.4, 0.5) is 0 Å². The number of fused-ring (bicyclic) bond motifs is 3. The molecule has 0 fully saturated rings. The topological polar surface area (TPSA) is 71.0 Å². The molecule has 1 amide bonds. The number of nitrogens with one attached hydrogen (secondary N) is 1. The maximum Gasteiger partial charge on any atom is 0.251 e. The monoisotopic (exact) mass is 440 g/mol. The lowest BCUT2D eigenvalue weighted by atomic mass is 9.99. The number of benzene rings is 2. The fraction of sp³-hybridized carbons (Fsp3) is 0.500. The Labute approximate surface area is 191 Å². The number of aliphatic hydroxyl groups excluding tert-OH is 1. The van der Waals surface area contributed by atoms with Gasteiger partial charge in [-0.3, -0.25) is 9.69 Å². The standard InChI is InChI=1S/C26H36N2O4/c1-20(2)18-28-10-12-31-13-14-32-25-8-7-23(26(30)27-9-4-11-29)17-24(25)16-21-5-3-6-22(15-21)19-28/h3,5-8,15,17,20,29H,4,9-14,16,18-19H2,1-2H3,(H,27,30). The molecule has 0 spiro atoms. The quantitative estimate of drug-likeness (QED) is 0.675. The van der Waals surface area contributed by atoms with Gasteiger partial charge in [0.25, 0.3) is 5.91 Å². The van der Waals surface area contributed by atoms with Crippen LogP contribution in [0.5, 0.6) is 5.75 Å². The van der Waals surface area contributed by atoms with E-state index >= 15 is 0 Å². The summed E-state index contributed by atoms with van der Waals surface area (Å²) < 4.78 is 11.9. The summed E-state index contributed by atoms with van der Waals surface area (Å²) in [6.07, 6.45) is 1.23. The van der Waals surface area contributed by atoms with Gasteiger partial charge >= 0.3 is 0 Å². The number of hydrogen-bond acceptors (Lipinski definition) is 5. The van der Waals surface area contributed by atoms with Gasteiger partial charge in [-0.1, -0.05) is 38.1 Å². The Bertz CT molecular complexity index is 869. The number of ether oxygens (including phenoxy) is 2. The van der Waals surface area contributed by atoms with Gasteiger partial charge in [0.05, 0.1) is 13.2 Å². The van der Waals surface area contributed by atoms with E-state index in [9.17, 15) is 4.79 Å². The second-order valence-electron chi connectivity index (χ2n) is 8.74. The van der Waals surface area contributed by atoms with Gasteiger partial charge in [0.2, 0.25) is 0 Å².